The maximum absolute atomic E-state index is 11.4. The number of pyridine rings is 2. The lowest BCUT2D eigenvalue weighted by molar-refractivity contribution is -0.142. The number of likely N-dealkylation sites (tertiary alicyclic amines) is 1. The Labute approximate surface area is 280 Å². The van der Waals surface area contributed by atoms with Crippen molar-refractivity contribution in [1.82, 2.24) is 25.1 Å². The average molecular weight is 670 g/mol. The van der Waals surface area contributed by atoms with E-state index in [1.165, 1.54) is 0 Å². The van der Waals surface area contributed by atoms with Gasteiger partial charge < -0.3 is 20.1 Å². The average Bonchev–Trinajstić information content (AvgIpc) is 3.03. The molecular weight excluding hydrogens is 627 g/mol. The van der Waals surface area contributed by atoms with Crippen LogP contribution in [0, 0.1) is 11.8 Å². The van der Waals surface area contributed by atoms with Gasteiger partial charge in [0.05, 0.1) is 17.8 Å². The van der Waals surface area contributed by atoms with Crippen LogP contribution in [0.2, 0.25) is 10.0 Å². The van der Waals surface area contributed by atoms with E-state index in [1.807, 2.05) is 37.3 Å². The molecule has 12 heteroatoms. The number of nitrogens with one attached hydrogen (secondary N) is 1. The van der Waals surface area contributed by atoms with Gasteiger partial charge in [0.1, 0.15) is 11.6 Å². The lowest BCUT2D eigenvalue weighted by atomic mass is 9.96. The van der Waals surface area contributed by atoms with E-state index in [0.29, 0.717) is 46.3 Å². The van der Waals surface area contributed by atoms with E-state index in [4.69, 9.17) is 32.9 Å². The number of halogens is 2. The zero-order valence-electron chi connectivity index (χ0n) is 26.4. The summed E-state index contributed by atoms with van der Waals surface area (Å²) in [5.74, 6) is 1.33. The third kappa shape index (κ3) is 9.54. The quantitative estimate of drug-likeness (QED) is 0.246. The number of aromatic nitrogens is 2. The molecule has 0 bridgehead atoms. The normalized spacial score (nSPS) is 17.1. The van der Waals surface area contributed by atoms with Gasteiger partial charge in [0.15, 0.2) is 0 Å². The van der Waals surface area contributed by atoms with Crippen LogP contribution in [-0.2, 0) is 16.1 Å². The van der Waals surface area contributed by atoms with Crippen molar-refractivity contribution in [2.45, 2.75) is 39.7 Å². The summed E-state index contributed by atoms with van der Waals surface area (Å²) in [7, 11) is 0. The Hall–Kier alpha value is -3.44. The number of hydrogen-bond acceptors (Lipinski definition) is 8. The summed E-state index contributed by atoms with van der Waals surface area (Å²) in [5, 5.41) is 13.4. The first-order valence-electron chi connectivity index (χ1n) is 15.9. The number of benzene rings is 1. The van der Waals surface area contributed by atoms with E-state index in [1.54, 1.807) is 19.2 Å². The minimum atomic E-state index is -0.731. The molecule has 1 aromatic carbocycles. The minimum absolute atomic E-state index is 0.0168. The third-order valence-electron chi connectivity index (χ3n) is 8.73. The Balaban J connectivity index is 1.26. The molecule has 246 valence electrons. The number of carboxylic acid groups (broad SMARTS) is 1. The van der Waals surface area contributed by atoms with Crippen LogP contribution in [0.5, 0.6) is 11.6 Å². The van der Waals surface area contributed by atoms with E-state index in [2.05, 4.69) is 31.1 Å². The number of nitrogens with zero attached hydrogens (tertiary/aromatic N) is 5. The number of piperazine rings is 1. The predicted molar refractivity (Wildman–Crippen MR) is 181 cm³/mol. The number of carbonyl (C=O) groups is 2. The first-order chi connectivity index (χ1) is 22.1. The molecule has 3 aromatic rings. The summed E-state index contributed by atoms with van der Waals surface area (Å²) in [6.45, 7) is 10.6. The summed E-state index contributed by atoms with van der Waals surface area (Å²) in [6.07, 6.45) is 4.40. The maximum atomic E-state index is 11.4. The van der Waals surface area contributed by atoms with E-state index >= 15 is 0 Å². The Kier molecular flexibility index (Phi) is 11.7. The molecule has 0 radical (unpaired) electrons. The number of anilines is 1. The highest BCUT2D eigenvalue weighted by Crippen LogP contribution is 2.31. The van der Waals surface area contributed by atoms with Crippen molar-refractivity contribution in [2.24, 2.45) is 11.8 Å². The number of amides is 1. The van der Waals surface area contributed by atoms with Crippen LogP contribution in [0.1, 0.15) is 38.7 Å². The standard InChI is InChI=1S/C34H42Cl2N6O4/c1-3-26(34(44)45)22-41-10-12-42(13-11-41)32-5-4-30(20-38-32)46-33-15-25(14-31(39-33)27-16-28(35)18-29(36)17-27)21-40-8-6-24(7-9-40)19-37-23(2)43/h4-5,14-18,20,24,26H,3,6-13,19,21-22H2,1-2H3,(H,37,43)(H,44,45). The van der Waals surface area contributed by atoms with Gasteiger partial charge in [-0.3, -0.25) is 19.4 Å². The monoisotopic (exact) mass is 668 g/mol. The van der Waals surface area contributed by atoms with Gasteiger partial charge in [-0.1, -0.05) is 30.1 Å². The van der Waals surface area contributed by atoms with Crippen molar-refractivity contribution in [1.29, 1.82) is 0 Å². The number of rotatable bonds is 12. The van der Waals surface area contributed by atoms with Crippen LogP contribution in [0.3, 0.4) is 0 Å². The number of piperidine rings is 1. The Morgan fingerprint density at radius 2 is 1.72 bits per heavy atom. The first-order valence-corrected chi connectivity index (χ1v) is 16.7. The molecule has 2 saturated heterocycles. The highest BCUT2D eigenvalue weighted by atomic mass is 35.5. The maximum Gasteiger partial charge on any atom is 0.307 e. The Morgan fingerprint density at radius 1 is 1.00 bits per heavy atom. The molecule has 4 heterocycles. The molecular formula is C34H42Cl2N6O4. The molecule has 10 nitrogen and oxygen atoms in total. The lowest BCUT2D eigenvalue weighted by Crippen LogP contribution is -2.48. The molecule has 2 N–H and O–H groups in total. The molecule has 1 amide bonds. The molecule has 1 unspecified atom stereocenters. The van der Waals surface area contributed by atoms with Crippen LogP contribution in [0.4, 0.5) is 5.82 Å². The summed E-state index contributed by atoms with van der Waals surface area (Å²) in [4.78, 5) is 39.1. The molecule has 2 aliphatic rings. The fourth-order valence-electron chi connectivity index (χ4n) is 6.04. The SMILES string of the molecule is CCC(CN1CCN(c2ccc(Oc3cc(CN4CCC(CNC(C)=O)CC4)cc(-c4cc(Cl)cc(Cl)c4)n3)cn2)CC1)C(=O)O. The molecule has 2 fully saturated rings. The Morgan fingerprint density at radius 3 is 2.33 bits per heavy atom. The van der Waals surface area contributed by atoms with Gasteiger partial charge in [0.2, 0.25) is 11.8 Å². The topological polar surface area (TPSA) is 111 Å². The third-order valence-corrected chi connectivity index (χ3v) is 9.17. The number of carboxylic acids is 1. The van der Waals surface area contributed by atoms with Crippen molar-refractivity contribution >= 4 is 40.9 Å². The number of ether oxygens (including phenoxy) is 1. The molecule has 1 atom stereocenters. The number of carbonyl (C=O) groups excluding carboxylic acids is 1. The summed E-state index contributed by atoms with van der Waals surface area (Å²) in [5.41, 5.74) is 2.58. The summed E-state index contributed by atoms with van der Waals surface area (Å²) >= 11 is 12.7. The zero-order chi connectivity index (χ0) is 32.6. The van der Waals surface area contributed by atoms with E-state index in [0.717, 1.165) is 82.1 Å². The number of aliphatic carboxylic acids is 1. The van der Waals surface area contributed by atoms with Gasteiger partial charge in [-0.2, -0.15) is 0 Å². The molecule has 2 aliphatic heterocycles. The highest BCUT2D eigenvalue weighted by Gasteiger charge is 2.24. The van der Waals surface area contributed by atoms with Gasteiger partial charge in [0, 0.05) is 74.4 Å². The van der Waals surface area contributed by atoms with Gasteiger partial charge in [0.25, 0.3) is 0 Å². The summed E-state index contributed by atoms with van der Waals surface area (Å²) in [6, 6.07) is 13.3. The molecule has 0 saturated carbocycles. The van der Waals surface area contributed by atoms with Gasteiger partial charge in [-0.25, -0.2) is 9.97 Å². The second kappa shape index (κ2) is 15.9. The zero-order valence-corrected chi connectivity index (χ0v) is 27.9. The second-order valence-corrected chi connectivity index (χ2v) is 13.1. The largest absolute Gasteiger partial charge is 0.481 e. The van der Waals surface area contributed by atoms with Crippen LogP contribution < -0.4 is 15.0 Å². The van der Waals surface area contributed by atoms with E-state index in [9.17, 15) is 14.7 Å². The van der Waals surface area contributed by atoms with Crippen molar-refractivity contribution in [2.75, 3.05) is 57.3 Å². The van der Waals surface area contributed by atoms with Crippen LogP contribution >= 0.6 is 23.2 Å². The van der Waals surface area contributed by atoms with Gasteiger partial charge >= 0.3 is 5.97 Å². The lowest BCUT2D eigenvalue weighted by Gasteiger charge is -2.36. The molecule has 0 aliphatic carbocycles. The fraction of sp³-hybridized carbons (Fsp3) is 0.471. The van der Waals surface area contributed by atoms with Crippen molar-refractivity contribution < 1.29 is 19.4 Å². The first kappa shape index (κ1) is 33.9. The Bertz CT molecular complexity index is 1470. The predicted octanol–water partition coefficient (Wildman–Crippen LogP) is 5.82. The molecule has 5 rings (SSSR count). The smallest absolute Gasteiger partial charge is 0.307 e. The van der Waals surface area contributed by atoms with Crippen molar-refractivity contribution in [3.05, 3.63) is 64.3 Å². The minimum Gasteiger partial charge on any atom is -0.481 e. The highest BCUT2D eigenvalue weighted by molar-refractivity contribution is 6.35. The van der Waals surface area contributed by atoms with Gasteiger partial charge in [-0.05, 0) is 80.2 Å². The number of hydrogen-bond donors (Lipinski definition) is 2. The summed E-state index contributed by atoms with van der Waals surface area (Å²) < 4.78 is 6.26. The molecule has 2 aromatic heterocycles. The molecule has 46 heavy (non-hydrogen) atoms. The fourth-order valence-corrected chi connectivity index (χ4v) is 6.57. The van der Waals surface area contributed by atoms with E-state index < -0.39 is 5.97 Å². The van der Waals surface area contributed by atoms with Crippen LogP contribution in [0.25, 0.3) is 11.3 Å². The molecule has 0 spiro atoms. The second-order valence-electron chi connectivity index (χ2n) is 12.2. The van der Waals surface area contributed by atoms with Crippen LogP contribution in [0.15, 0.2) is 48.7 Å². The van der Waals surface area contributed by atoms with Crippen LogP contribution in [-0.4, -0.2) is 89.1 Å². The van der Waals surface area contributed by atoms with Crippen molar-refractivity contribution in [3.63, 3.8) is 0 Å². The van der Waals surface area contributed by atoms with Crippen molar-refractivity contribution in [3.8, 4) is 22.9 Å². The van der Waals surface area contributed by atoms with Gasteiger partial charge in [-0.15, -0.1) is 0 Å². The van der Waals surface area contributed by atoms with E-state index in [-0.39, 0.29) is 11.8 Å².